The lowest BCUT2D eigenvalue weighted by Crippen LogP contribution is -2.10. The van der Waals surface area contributed by atoms with Gasteiger partial charge in [-0.25, -0.2) is 14.2 Å². The van der Waals surface area contributed by atoms with Gasteiger partial charge in [0.2, 0.25) is 5.69 Å². The van der Waals surface area contributed by atoms with Crippen LogP contribution in [-0.4, -0.2) is 32.3 Å². The molecule has 2 bridgehead atoms. The molecule has 2 N–H and O–H groups in total. The average Bonchev–Trinajstić information content (AvgIpc) is 3.65. The van der Waals surface area contributed by atoms with Crippen molar-refractivity contribution in [2.45, 2.75) is 39.3 Å². The van der Waals surface area contributed by atoms with Crippen LogP contribution in [0.5, 0.6) is 17.2 Å². The van der Waals surface area contributed by atoms with E-state index in [1.807, 2.05) is 0 Å². The van der Waals surface area contributed by atoms with Crippen molar-refractivity contribution in [1.82, 2.24) is 19.7 Å². The van der Waals surface area contributed by atoms with Gasteiger partial charge in [0, 0.05) is 35.6 Å². The van der Waals surface area contributed by atoms with Gasteiger partial charge in [-0.15, -0.1) is 0 Å². The van der Waals surface area contributed by atoms with Crippen molar-refractivity contribution in [1.29, 1.82) is 0 Å². The number of anilines is 1. The molecular formula is C28H26FN5O4. The number of aromatic nitrogens is 4. The highest BCUT2D eigenvalue weighted by atomic mass is 19.1. The second kappa shape index (κ2) is 9.44. The van der Waals surface area contributed by atoms with Gasteiger partial charge in [0.05, 0.1) is 6.61 Å². The monoisotopic (exact) mass is 515 g/mol. The number of pyridine rings is 2. The summed E-state index contributed by atoms with van der Waals surface area (Å²) < 4.78 is 34.3. The number of nitrogen functional groups attached to an aromatic ring is 1. The van der Waals surface area contributed by atoms with Gasteiger partial charge < -0.3 is 19.9 Å². The predicted molar refractivity (Wildman–Crippen MR) is 137 cm³/mol. The SMILES string of the molecule is CCOC(=O)c1nn(CC2CC2)c2c1Oc1cccnc1-c1ccc(F)cc1[C@@H](C)Oc1cc-2cnc1N. The zero-order valence-electron chi connectivity index (χ0n) is 21.0. The molecule has 0 saturated heterocycles. The highest BCUT2D eigenvalue weighted by molar-refractivity contribution is 5.94. The maximum atomic E-state index is 14.4. The van der Waals surface area contributed by atoms with Crippen LogP contribution in [0.25, 0.3) is 22.5 Å². The minimum absolute atomic E-state index is 0.0429. The van der Waals surface area contributed by atoms with E-state index >= 15 is 0 Å². The Morgan fingerprint density at radius 2 is 2.05 bits per heavy atom. The van der Waals surface area contributed by atoms with Crippen LogP contribution in [0, 0.1) is 11.7 Å². The molecule has 0 amide bonds. The van der Waals surface area contributed by atoms with Crippen LogP contribution in [0.4, 0.5) is 10.2 Å². The molecule has 1 aromatic carbocycles. The molecule has 0 unspecified atom stereocenters. The Labute approximate surface area is 218 Å². The quantitative estimate of drug-likeness (QED) is 0.351. The fourth-order valence-corrected chi connectivity index (χ4v) is 4.64. The summed E-state index contributed by atoms with van der Waals surface area (Å²) in [7, 11) is 0. The first-order chi connectivity index (χ1) is 18.4. The third kappa shape index (κ3) is 4.31. The Kier molecular flexibility index (Phi) is 5.94. The van der Waals surface area contributed by atoms with E-state index < -0.39 is 17.9 Å². The predicted octanol–water partition coefficient (Wildman–Crippen LogP) is 5.56. The molecule has 38 heavy (non-hydrogen) atoms. The van der Waals surface area contributed by atoms with E-state index in [1.165, 1.54) is 12.1 Å². The topological polar surface area (TPSA) is 114 Å². The highest BCUT2D eigenvalue weighted by Crippen LogP contribution is 2.45. The molecule has 1 fully saturated rings. The zero-order valence-corrected chi connectivity index (χ0v) is 21.0. The number of nitrogens with two attached hydrogens (primary N) is 1. The van der Waals surface area contributed by atoms with Crippen LogP contribution in [0.1, 0.15) is 48.8 Å². The third-order valence-electron chi connectivity index (χ3n) is 6.65. The van der Waals surface area contributed by atoms with E-state index in [1.54, 1.807) is 55.2 Å². The number of carbonyl (C=O) groups excluding carboxylic acids is 1. The Hall–Kier alpha value is -4.47. The third-order valence-corrected chi connectivity index (χ3v) is 6.65. The van der Waals surface area contributed by atoms with E-state index in [4.69, 9.17) is 19.9 Å². The van der Waals surface area contributed by atoms with Crippen LogP contribution < -0.4 is 15.2 Å². The van der Waals surface area contributed by atoms with Gasteiger partial charge in [-0.1, -0.05) is 0 Å². The van der Waals surface area contributed by atoms with Gasteiger partial charge in [-0.05, 0) is 69.0 Å². The Bertz CT molecular complexity index is 1550. The Balaban J connectivity index is 1.65. The lowest BCUT2D eigenvalue weighted by atomic mass is 9.99. The van der Waals surface area contributed by atoms with Crippen LogP contribution in [0.15, 0.2) is 48.8 Å². The number of ether oxygens (including phenoxy) is 3. The van der Waals surface area contributed by atoms with Crippen molar-refractivity contribution < 1.29 is 23.4 Å². The molecule has 1 aliphatic heterocycles. The molecule has 3 aromatic heterocycles. The van der Waals surface area contributed by atoms with Crippen molar-refractivity contribution in [3.63, 3.8) is 0 Å². The standard InChI is InChI=1S/C28H26FN5O4/c1-3-36-28(35)24-26-25(34(33-24)14-16-6-7-16)17-11-22(27(30)32-13-17)37-15(2)20-12-18(29)8-9-19(20)23-21(38-26)5-4-10-31-23/h4-5,8-13,15-16H,3,6-7,14H2,1-2H3,(H2,30,32)/t15-/m1/s1. The minimum Gasteiger partial charge on any atom is -0.482 e. The molecule has 0 radical (unpaired) electrons. The molecule has 6 rings (SSSR count). The number of esters is 1. The number of halogens is 1. The van der Waals surface area contributed by atoms with Crippen LogP contribution in [-0.2, 0) is 11.3 Å². The van der Waals surface area contributed by atoms with Crippen LogP contribution >= 0.6 is 0 Å². The zero-order chi connectivity index (χ0) is 26.4. The molecule has 2 aliphatic rings. The summed E-state index contributed by atoms with van der Waals surface area (Å²) in [6.07, 6.45) is 4.78. The second-order valence-corrected chi connectivity index (χ2v) is 9.42. The summed E-state index contributed by atoms with van der Waals surface area (Å²) in [5.41, 5.74) is 9.02. The van der Waals surface area contributed by atoms with E-state index in [2.05, 4.69) is 15.1 Å². The number of fused-ring (bicyclic) bond motifs is 7. The number of nitrogens with zero attached hydrogens (tertiary/aromatic N) is 4. The van der Waals surface area contributed by atoms with E-state index in [0.29, 0.717) is 52.0 Å². The maximum absolute atomic E-state index is 14.4. The maximum Gasteiger partial charge on any atom is 0.362 e. The van der Waals surface area contributed by atoms with Crippen molar-refractivity contribution >= 4 is 11.8 Å². The molecule has 1 saturated carbocycles. The van der Waals surface area contributed by atoms with Gasteiger partial charge in [0.15, 0.2) is 23.1 Å². The van der Waals surface area contributed by atoms with Gasteiger partial charge in [0.1, 0.15) is 23.3 Å². The summed E-state index contributed by atoms with van der Waals surface area (Å²) >= 11 is 0. The molecular weight excluding hydrogens is 489 g/mol. The molecule has 1 aliphatic carbocycles. The fourth-order valence-electron chi connectivity index (χ4n) is 4.64. The van der Waals surface area contributed by atoms with Crippen LogP contribution in [0.2, 0.25) is 0 Å². The normalized spacial score (nSPS) is 16.0. The summed E-state index contributed by atoms with van der Waals surface area (Å²) in [6.45, 7) is 4.32. The first-order valence-electron chi connectivity index (χ1n) is 12.6. The first kappa shape index (κ1) is 23.9. The van der Waals surface area contributed by atoms with Crippen LogP contribution in [0.3, 0.4) is 0 Å². The number of rotatable bonds is 4. The van der Waals surface area contributed by atoms with Gasteiger partial charge in [-0.3, -0.25) is 9.67 Å². The number of hydrogen-bond acceptors (Lipinski definition) is 8. The van der Waals surface area contributed by atoms with Gasteiger partial charge in [-0.2, -0.15) is 5.10 Å². The number of hydrogen-bond donors (Lipinski definition) is 1. The molecule has 0 spiro atoms. The summed E-state index contributed by atoms with van der Waals surface area (Å²) in [5.74, 6) is 0.501. The minimum atomic E-state index is -0.605. The van der Waals surface area contributed by atoms with Gasteiger partial charge >= 0.3 is 5.97 Å². The molecule has 1 atom stereocenters. The van der Waals surface area contributed by atoms with Crippen molar-refractivity contribution in [3.8, 4) is 39.8 Å². The Morgan fingerprint density at radius 1 is 1.21 bits per heavy atom. The highest BCUT2D eigenvalue weighted by Gasteiger charge is 2.32. The van der Waals surface area contributed by atoms with Gasteiger partial charge in [0.25, 0.3) is 0 Å². The molecule has 194 valence electrons. The Morgan fingerprint density at radius 3 is 2.84 bits per heavy atom. The summed E-state index contributed by atoms with van der Waals surface area (Å²) in [5, 5.41) is 4.65. The smallest absolute Gasteiger partial charge is 0.362 e. The lowest BCUT2D eigenvalue weighted by Gasteiger charge is -2.22. The van der Waals surface area contributed by atoms with E-state index in [0.717, 1.165) is 12.8 Å². The van der Waals surface area contributed by atoms with E-state index in [9.17, 15) is 9.18 Å². The molecule has 10 heteroatoms. The second-order valence-electron chi connectivity index (χ2n) is 9.42. The largest absolute Gasteiger partial charge is 0.482 e. The van der Waals surface area contributed by atoms with E-state index in [-0.39, 0.29) is 23.9 Å². The summed E-state index contributed by atoms with van der Waals surface area (Å²) in [4.78, 5) is 22.0. The van der Waals surface area contributed by atoms with Crippen molar-refractivity contribution in [2.24, 2.45) is 5.92 Å². The van der Waals surface area contributed by atoms with Crippen molar-refractivity contribution in [3.05, 3.63) is 65.9 Å². The molecule has 4 heterocycles. The molecule has 9 nitrogen and oxygen atoms in total. The molecule has 4 aromatic rings. The number of benzene rings is 1. The first-order valence-corrected chi connectivity index (χ1v) is 12.6. The fraction of sp³-hybridized carbons (Fsp3) is 0.286. The van der Waals surface area contributed by atoms with Crippen molar-refractivity contribution in [2.75, 3.05) is 12.3 Å². The number of carbonyl (C=O) groups is 1. The average molecular weight is 516 g/mol. The lowest BCUT2D eigenvalue weighted by molar-refractivity contribution is 0.0515. The summed E-state index contributed by atoms with van der Waals surface area (Å²) in [6, 6.07) is 9.61.